The van der Waals surface area contributed by atoms with Crippen LogP contribution in [0.4, 0.5) is 10.1 Å². The Morgan fingerprint density at radius 1 is 1.30 bits per heavy atom. The molecule has 7 heteroatoms. The van der Waals surface area contributed by atoms with E-state index in [0.29, 0.717) is 5.69 Å². The predicted molar refractivity (Wildman–Crippen MR) is 81.9 cm³/mol. The molecule has 120 valence electrons. The summed E-state index contributed by atoms with van der Waals surface area (Å²) in [7, 11) is 3.41. The van der Waals surface area contributed by atoms with Gasteiger partial charge in [-0.05, 0) is 17.7 Å². The molecule has 1 aromatic heterocycles. The number of nitrogens with zero attached hydrogens (tertiary/aromatic N) is 3. The third kappa shape index (κ3) is 2.94. The molecular formula is C16H17FN4O2. The van der Waals surface area contributed by atoms with E-state index in [1.807, 2.05) is 0 Å². The van der Waals surface area contributed by atoms with Gasteiger partial charge in [-0.25, -0.2) is 4.39 Å². The lowest BCUT2D eigenvalue weighted by molar-refractivity contribution is -0.127. The molecule has 1 saturated heterocycles. The zero-order valence-corrected chi connectivity index (χ0v) is 12.9. The van der Waals surface area contributed by atoms with Gasteiger partial charge < -0.3 is 10.2 Å². The van der Waals surface area contributed by atoms with E-state index in [1.54, 1.807) is 48.2 Å². The number of amides is 2. The predicted octanol–water partition coefficient (Wildman–Crippen LogP) is 1.72. The number of carbonyl (C=O) groups excluding carboxylic acids is 2. The first-order valence-electron chi connectivity index (χ1n) is 7.26. The third-order valence-electron chi connectivity index (χ3n) is 4.11. The van der Waals surface area contributed by atoms with Crippen molar-refractivity contribution in [1.29, 1.82) is 0 Å². The van der Waals surface area contributed by atoms with Crippen molar-refractivity contribution in [3.8, 4) is 0 Å². The first-order chi connectivity index (χ1) is 11.0. The monoisotopic (exact) mass is 316 g/mol. The summed E-state index contributed by atoms with van der Waals surface area (Å²) >= 11 is 0. The van der Waals surface area contributed by atoms with Gasteiger partial charge in [-0.2, -0.15) is 5.10 Å². The van der Waals surface area contributed by atoms with E-state index in [9.17, 15) is 14.0 Å². The largest absolute Gasteiger partial charge is 0.338 e. The van der Waals surface area contributed by atoms with Gasteiger partial charge in [-0.3, -0.25) is 14.3 Å². The lowest BCUT2D eigenvalue weighted by Crippen LogP contribution is -2.29. The van der Waals surface area contributed by atoms with E-state index in [4.69, 9.17) is 0 Å². The molecule has 1 N–H and O–H groups in total. The highest BCUT2D eigenvalue weighted by Gasteiger charge is 2.42. The van der Waals surface area contributed by atoms with Crippen molar-refractivity contribution in [3.05, 3.63) is 48.0 Å². The third-order valence-corrected chi connectivity index (χ3v) is 4.11. The molecule has 6 nitrogen and oxygen atoms in total. The van der Waals surface area contributed by atoms with Crippen molar-refractivity contribution >= 4 is 17.5 Å². The molecule has 2 atom stereocenters. The molecule has 1 aliphatic rings. The van der Waals surface area contributed by atoms with E-state index >= 15 is 0 Å². The minimum Gasteiger partial charge on any atom is -0.338 e. The number of benzene rings is 1. The van der Waals surface area contributed by atoms with Gasteiger partial charge in [-0.1, -0.05) is 12.1 Å². The fraction of sp³-hybridized carbons (Fsp3) is 0.312. The normalized spacial score (nSPS) is 20.8. The Balaban J connectivity index is 1.85. The van der Waals surface area contributed by atoms with Gasteiger partial charge in [0.1, 0.15) is 5.82 Å². The number of nitrogens with one attached hydrogen (secondary N) is 1. The number of rotatable bonds is 3. The van der Waals surface area contributed by atoms with Crippen LogP contribution in [0.3, 0.4) is 0 Å². The first-order valence-corrected chi connectivity index (χ1v) is 7.26. The Morgan fingerprint density at radius 2 is 2.00 bits per heavy atom. The van der Waals surface area contributed by atoms with Crippen LogP contribution in [-0.2, 0) is 16.6 Å². The Labute approximate surface area is 132 Å². The zero-order chi connectivity index (χ0) is 16.6. The zero-order valence-electron chi connectivity index (χ0n) is 12.9. The molecule has 0 radical (unpaired) electrons. The van der Waals surface area contributed by atoms with Gasteiger partial charge in [0.15, 0.2) is 0 Å². The highest BCUT2D eigenvalue weighted by Crippen LogP contribution is 2.37. The van der Waals surface area contributed by atoms with Crippen LogP contribution >= 0.6 is 0 Å². The average Bonchev–Trinajstić information content (AvgIpc) is 3.05. The van der Waals surface area contributed by atoms with Gasteiger partial charge in [0.25, 0.3) is 0 Å². The van der Waals surface area contributed by atoms with Crippen molar-refractivity contribution in [1.82, 2.24) is 14.7 Å². The number of carbonyl (C=O) groups is 2. The smallest absolute Gasteiger partial charge is 0.230 e. The van der Waals surface area contributed by atoms with Crippen LogP contribution in [0.15, 0.2) is 36.7 Å². The molecule has 0 saturated carbocycles. The number of hydrogen-bond donors (Lipinski definition) is 1. The summed E-state index contributed by atoms with van der Waals surface area (Å²) < 4.78 is 14.7. The molecule has 0 bridgehead atoms. The second-order valence-electron chi connectivity index (χ2n) is 5.70. The summed E-state index contributed by atoms with van der Waals surface area (Å²) in [5.74, 6) is -1.23. The van der Waals surface area contributed by atoms with Gasteiger partial charge in [0, 0.05) is 26.7 Å². The van der Waals surface area contributed by atoms with Crippen molar-refractivity contribution in [2.24, 2.45) is 13.0 Å². The molecule has 0 unspecified atom stereocenters. The van der Waals surface area contributed by atoms with Crippen molar-refractivity contribution in [2.75, 3.05) is 12.4 Å². The average molecular weight is 316 g/mol. The second-order valence-corrected chi connectivity index (χ2v) is 5.70. The van der Waals surface area contributed by atoms with E-state index < -0.39 is 12.0 Å². The van der Waals surface area contributed by atoms with Crippen molar-refractivity contribution in [2.45, 2.75) is 12.5 Å². The quantitative estimate of drug-likeness (QED) is 0.937. The Kier molecular flexibility index (Phi) is 3.85. The van der Waals surface area contributed by atoms with Gasteiger partial charge in [0.05, 0.1) is 23.8 Å². The summed E-state index contributed by atoms with van der Waals surface area (Å²) in [6.07, 6.45) is 3.36. The van der Waals surface area contributed by atoms with E-state index in [0.717, 1.165) is 5.56 Å². The van der Waals surface area contributed by atoms with Crippen LogP contribution in [0.2, 0.25) is 0 Å². The Hall–Kier alpha value is -2.70. The van der Waals surface area contributed by atoms with Crippen LogP contribution < -0.4 is 5.32 Å². The second kappa shape index (κ2) is 5.83. The molecule has 2 amide bonds. The maximum absolute atomic E-state index is 13.1. The highest BCUT2D eigenvalue weighted by molar-refractivity contribution is 5.97. The minimum atomic E-state index is -0.529. The molecule has 2 heterocycles. The number of aryl methyl sites for hydroxylation is 1. The molecule has 2 aromatic rings. The molecule has 1 aromatic carbocycles. The number of likely N-dealkylation sites (tertiary alicyclic amines) is 1. The Morgan fingerprint density at radius 3 is 2.61 bits per heavy atom. The standard InChI is InChI=1S/C16H17FN4O2/c1-20-9-12(8-18-20)19-16(23)13-7-14(22)21(2)15(13)10-3-5-11(17)6-4-10/h3-6,8-9,13,15H,7H2,1-2H3,(H,19,23)/t13-,15-/m0/s1. The summed E-state index contributed by atoms with van der Waals surface area (Å²) in [4.78, 5) is 26.2. The lowest BCUT2D eigenvalue weighted by atomic mass is 9.93. The Bertz CT molecular complexity index is 741. The maximum atomic E-state index is 13.1. The van der Waals surface area contributed by atoms with Crippen molar-refractivity contribution < 1.29 is 14.0 Å². The maximum Gasteiger partial charge on any atom is 0.230 e. The number of anilines is 1. The van der Waals surface area contributed by atoms with E-state index in [-0.39, 0.29) is 24.1 Å². The van der Waals surface area contributed by atoms with Crippen molar-refractivity contribution in [3.63, 3.8) is 0 Å². The van der Waals surface area contributed by atoms with Gasteiger partial charge >= 0.3 is 0 Å². The summed E-state index contributed by atoms with van der Waals surface area (Å²) in [6.45, 7) is 0. The van der Waals surface area contributed by atoms with Crippen LogP contribution in [0.1, 0.15) is 18.0 Å². The SMILES string of the molecule is CN1C(=O)C[C@H](C(=O)Nc2cnn(C)c2)[C@@H]1c1ccc(F)cc1. The molecule has 23 heavy (non-hydrogen) atoms. The molecular weight excluding hydrogens is 299 g/mol. The highest BCUT2D eigenvalue weighted by atomic mass is 19.1. The molecule has 1 fully saturated rings. The summed E-state index contributed by atoms with van der Waals surface area (Å²) in [5.41, 5.74) is 1.32. The van der Waals surface area contributed by atoms with Gasteiger partial charge in [-0.15, -0.1) is 0 Å². The minimum absolute atomic E-state index is 0.106. The fourth-order valence-electron chi connectivity index (χ4n) is 2.94. The number of hydrogen-bond acceptors (Lipinski definition) is 3. The van der Waals surface area contributed by atoms with Crippen LogP contribution in [0.25, 0.3) is 0 Å². The molecule has 1 aliphatic heterocycles. The van der Waals surface area contributed by atoms with Crippen LogP contribution in [0, 0.1) is 11.7 Å². The van der Waals surface area contributed by atoms with Crippen LogP contribution in [-0.4, -0.2) is 33.5 Å². The number of aromatic nitrogens is 2. The lowest BCUT2D eigenvalue weighted by Gasteiger charge is -2.24. The van der Waals surface area contributed by atoms with Crippen LogP contribution in [0.5, 0.6) is 0 Å². The molecule has 0 spiro atoms. The topological polar surface area (TPSA) is 67.2 Å². The van der Waals surface area contributed by atoms with E-state index in [1.165, 1.54) is 12.1 Å². The summed E-state index contributed by atoms with van der Waals surface area (Å²) in [5, 5.41) is 6.78. The molecule has 3 rings (SSSR count). The summed E-state index contributed by atoms with van der Waals surface area (Å²) in [6, 6.07) is 5.49. The first kappa shape index (κ1) is 15.2. The number of halogens is 1. The van der Waals surface area contributed by atoms with E-state index in [2.05, 4.69) is 10.4 Å². The molecule has 0 aliphatic carbocycles. The fourth-order valence-corrected chi connectivity index (χ4v) is 2.94. The van der Waals surface area contributed by atoms with Gasteiger partial charge in [0.2, 0.25) is 11.8 Å².